The van der Waals surface area contributed by atoms with Crippen LogP contribution in [0.3, 0.4) is 0 Å². The maximum absolute atomic E-state index is 12.5. The van der Waals surface area contributed by atoms with Crippen molar-refractivity contribution in [1.29, 1.82) is 0 Å². The molecule has 0 bridgehead atoms. The molecule has 5 heteroatoms. The number of hydrogen-bond donors (Lipinski definition) is 1. The molecule has 1 aliphatic rings. The molecular weight excluding hydrogens is 193 g/mol. The van der Waals surface area contributed by atoms with Crippen LogP contribution in [0.15, 0.2) is 0 Å². The quantitative estimate of drug-likeness (QED) is 0.769. The van der Waals surface area contributed by atoms with E-state index in [9.17, 15) is 13.2 Å². The molecular formula is C9H17F3N2. The molecule has 0 aliphatic heterocycles. The molecule has 1 saturated carbocycles. The molecule has 14 heavy (non-hydrogen) atoms. The molecule has 0 amide bonds. The summed E-state index contributed by atoms with van der Waals surface area (Å²) in [5.74, 6) is 0. The lowest BCUT2D eigenvalue weighted by Crippen LogP contribution is -2.51. The fourth-order valence-electron chi connectivity index (χ4n) is 2.10. The van der Waals surface area contributed by atoms with Gasteiger partial charge in [-0.1, -0.05) is 12.8 Å². The maximum Gasteiger partial charge on any atom is 0.405 e. The van der Waals surface area contributed by atoms with Crippen molar-refractivity contribution >= 4 is 0 Å². The van der Waals surface area contributed by atoms with Crippen LogP contribution in [-0.2, 0) is 0 Å². The average molecular weight is 210 g/mol. The summed E-state index contributed by atoms with van der Waals surface area (Å²) in [4.78, 5) is 1.40. The Bertz CT molecular complexity index is 175. The SMILES string of the molecule is CN(C1CCCC1)C(CN)C(F)(F)F. The fraction of sp³-hybridized carbons (Fsp3) is 1.00. The third-order valence-electron chi connectivity index (χ3n) is 2.99. The van der Waals surface area contributed by atoms with Gasteiger partial charge in [0.25, 0.3) is 0 Å². The van der Waals surface area contributed by atoms with E-state index in [1.165, 1.54) is 11.9 Å². The van der Waals surface area contributed by atoms with Crippen molar-refractivity contribution in [1.82, 2.24) is 4.90 Å². The van der Waals surface area contributed by atoms with Crippen LogP contribution in [0.2, 0.25) is 0 Å². The van der Waals surface area contributed by atoms with E-state index >= 15 is 0 Å². The standard InChI is InChI=1S/C9H17F3N2/c1-14(7-4-2-3-5-7)8(6-13)9(10,11)12/h7-8H,2-6,13H2,1H3. The second kappa shape index (κ2) is 4.49. The Kier molecular flexibility index (Phi) is 3.78. The fourth-order valence-corrected chi connectivity index (χ4v) is 2.10. The van der Waals surface area contributed by atoms with Gasteiger partial charge in [-0.15, -0.1) is 0 Å². The summed E-state index contributed by atoms with van der Waals surface area (Å²) >= 11 is 0. The van der Waals surface area contributed by atoms with E-state index in [0.29, 0.717) is 0 Å². The van der Waals surface area contributed by atoms with Gasteiger partial charge in [-0.3, -0.25) is 4.90 Å². The number of nitrogens with two attached hydrogens (primary N) is 1. The highest BCUT2D eigenvalue weighted by Crippen LogP contribution is 2.30. The van der Waals surface area contributed by atoms with E-state index in [1.54, 1.807) is 0 Å². The van der Waals surface area contributed by atoms with Gasteiger partial charge in [0, 0.05) is 12.6 Å². The molecule has 0 aromatic heterocycles. The molecule has 0 saturated heterocycles. The zero-order valence-corrected chi connectivity index (χ0v) is 8.35. The lowest BCUT2D eigenvalue weighted by atomic mass is 10.1. The Morgan fingerprint density at radius 1 is 1.36 bits per heavy atom. The molecule has 1 aliphatic carbocycles. The van der Waals surface area contributed by atoms with Crippen molar-refractivity contribution in [3.8, 4) is 0 Å². The lowest BCUT2D eigenvalue weighted by Gasteiger charge is -2.33. The molecule has 1 fully saturated rings. The van der Waals surface area contributed by atoms with Crippen LogP contribution < -0.4 is 5.73 Å². The molecule has 0 heterocycles. The van der Waals surface area contributed by atoms with Crippen molar-refractivity contribution in [2.75, 3.05) is 13.6 Å². The van der Waals surface area contributed by atoms with Gasteiger partial charge in [0.2, 0.25) is 0 Å². The van der Waals surface area contributed by atoms with Gasteiger partial charge in [-0.05, 0) is 19.9 Å². The normalized spacial score (nSPS) is 21.9. The first-order chi connectivity index (χ1) is 6.46. The Labute approximate surface area is 82.2 Å². The van der Waals surface area contributed by atoms with Crippen LogP contribution in [0.5, 0.6) is 0 Å². The summed E-state index contributed by atoms with van der Waals surface area (Å²) in [6.07, 6.45) is -0.410. The third kappa shape index (κ3) is 2.60. The highest BCUT2D eigenvalue weighted by molar-refractivity contribution is 4.85. The van der Waals surface area contributed by atoms with Gasteiger partial charge < -0.3 is 5.73 Å². The van der Waals surface area contributed by atoms with Crippen LogP contribution in [-0.4, -0.2) is 36.8 Å². The number of rotatable bonds is 3. The third-order valence-corrected chi connectivity index (χ3v) is 2.99. The lowest BCUT2D eigenvalue weighted by molar-refractivity contribution is -0.182. The van der Waals surface area contributed by atoms with Crippen molar-refractivity contribution in [2.24, 2.45) is 5.73 Å². The monoisotopic (exact) mass is 210 g/mol. The van der Waals surface area contributed by atoms with Crippen LogP contribution in [0.25, 0.3) is 0 Å². The highest BCUT2D eigenvalue weighted by Gasteiger charge is 2.43. The summed E-state index contributed by atoms with van der Waals surface area (Å²) in [5.41, 5.74) is 5.17. The largest absolute Gasteiger partial charge is 0.405 e. The zero-order valence-electron chi connectivity index (χ0n) is 8.35. The zero-order chi connectivity index (χ0) is 10.8. The summed E-state index contributed by atoms with van der Waals surface area (Å²) in [5, 5.41) is 0. The maximum atomic E-state index is 12.5. The highest BCUT2D eigenvalue weighted by atomic mass is 19.4. The van der Waals surface area contributed by atoms with Gasteiger partial charge >= 0.3 is 6.18 Å². The average Bonchev–Trinajstić information content (AvgIpc) is 2.53. The topological polar surface area (TPSA) is 29.3 Å². The number of nitrogens with zero attached hydrogens (tertiary/aromatic N) is 1. The molecule has 2 nitrogen and oxygen atoms in total. The summed E-state index contributed by atoms with van der Waals surface area (Å²) in [6.45, 7) is -0.351. The summed E-state index contributed by atoms with van der Waals surface area (Å²) in [6, 6.07) is -1.42. The molecule has 2 N–H and O–H groups in total. The Morgan fingerprint density at radius 3 is 2.21 bits per heavy atom. The van der Waals surface area contributed by atoms with E-state index in [1.807, 2.05) is 0 Å². The summed E-state index contributed by atoms with van der Waals surface area (Å²) in [7, 11) is 1.53. The van der Waals surface area contributed by atoms with E-state index in [4.69, 9.17) is 5.73 Å². The van der Waals surface area contributed by atoms with Crippen LogP contribution >= 0.6 is 0 Å². The molecule has 0 aromatic rings. The minimum absolute atomic E-state index is 0.0603. The van der Waals surface area contributed by atoms with E-state index < -0.39 is 12.2 Å². The van der Waals surface area contributed by atoms with Crippen molar-refractivity contribution in [2.45, 2.75) is 43.9 Å². The Morgan fingerprint density at radius 2 is 1.86 bits per heavy atom. The number of alkyl halides is 3. The second-order valence-corrected chi connectivity index (χ2v) is 3.90. The van der Waals surface area contributed by atoms with E-state index in [0.717, 1.165) is 25.7 Å². The smallest absolute Gasteiger partial charge is 0.329 e. The van der Waals surface area contributed by atoms with Gasteiger partial charge in [0.1, 0.15) is 6.04 Å². The molecule has 0 radical (unpaired) electrons. The van der Waals surface area contributed by atoms with E-state index in [-0.39, 0.29) is 12.6 Å². The number of halogens is 3. The molecule has 1 rings (SSSR count). The number of likely N-dealkylation sites (N-methyl/N-ethyl adjacent to an activating group) is 1. The first kappa shape index (κ1) is 11.8. The van der Waals surface area contributed by atoms with Crippen molar-refractivity contribution in [3.63, 3.8) is 0 Å². The van der Waals surface area contributed by atoms with Gasteiger partial charge in [0.05, 0.1) is 0 Å². The minimum atomic E-state index is -4.20. The van der Waals surface area contributed by atoms with Gasteiger partial charge in [0.15, 0.2) is 0 Å². The predicted octanol–water partition coefficient (Wildman–Crippen LogP) is 1.75. The summed E-state index contributed by atoms with van der Waals surface area (Å²) < 4.78 is 37.5. The molecule has 1 unspecified atom stereocenters. The van der Waals surface area contributed by atoms with Crippen molar-refractivity contribution < 1.29 is 13.2 Å². The van der Waals surface area contributed by atoms with E-state index in [2.05, 4.69) is 0 Å². The second-order valence-electron chi connectivity index (χ2n) is 3.90. The predicted molar refractivity (Wildman–Crippen MR) is 48.9 cm³/mol. The van der Waals surface area contributed by atoms with Gasteiger partial charge in [-0.25, -0.2) is 0 Å². The Hall–Kier alpha value is -0.290. The first-order valence-corrected chi connectivity index (χ1v) is 4.95. The molecule has 0 spiro atoms. The van der Waals surface area contributed by atoms with Gasteiger partial charge in [-0.2, -0.15) is 13.2 Å². The molecule has 1 atom stereocenters. The molecule has 84 valence electrons. The van der Waals surface area contributed by atoms with Crippen LogP contribution in [0.4, 0.5) is 13.2 Å². The minimum Gasteiger partial charge on any atom is -0.329 e. The Balaban J connectivity index is 2.59. The molecule has 0 aromatic carbocycles. The number of hydrogen-bond acceptors (Lipinski definition) is 2. The first-order valence-electron chi connectivity index (χ1n) is 4.95. The van der Waals surface area contributed by atoms with Crippen LogP contribution in [0, 0.1) is 0 Å². The van der Waals surface area contributed by atoms with Crippen molar-refractivity contribution in [3.05, 3.63) is 0 Å². The van der Waals surface area contributed by atoms with Crippen LogP contribution in [0.1, 0.15) is 25.7 Å².